The first-order valence-corrected chi connectivity index (χ1v) is 8.20. The van der Waals surface area contributed by atoms with Crippen molar-refractivity contribution in [2.75, 3.05) is 6.61 Å². The van der Waals surface area contributed by atoms with Gasteiger partial charge in [0.1, 0.15) is 6.10 Å². The normalized spacial score (nSPS) is 49.1. The zero-order chi connectivity index (χ0) is 13.2. The van der Waals surface area contributed by atoms with E-state index >= 15 is 0 Å². The van der Waals surface area contributed by atoms with Crippen molar-refractivity contribution in [3.05, 3.63) is 35.9 Å². The molecular weight excluding hydrogens is 248 g/mol. The Kier molecular flexibility index (Phi) is 2.40. The molecular formula is C18H22O2. The number of ether oxygens (including phenoxy) is 2. The lowest BCUT2D eigenvalue weighted by molar-refractivity contribution is -0.294. The average Bonchev–Trinajstić information content (AvgIpc) is 2.91. The van der Waals surface area contributed by atoms with E-state index in [0.717, 1.165) is 18.4 Å². The van der Waals surface area contributed by atoms with Gasteiger partial charge in [-0.3, -0.25) is 0 Å². The monoisotopic (exact) mass is 270 g/mol. The third kappa shape index (κ3) is 1.52. The summed E-state index contributed by atoms with van der Waals surface area (Å²) in [4.78, 5) is 0. The third-order valence-electron chi connectivity index (χ3n) is 6.23. The van der Waals surface area contributed by atoms with Gasteiger partial charge in [-0.05, 0) is 49.5 Å². The van der Waals surface area contributed by atoms with Crippen molar-refractivity contribution in [1.29, 1.82) is 0 Å². The molecule has 1 aliphatic heterocycles. The number of hydrogen-bond donors (Lipinski definition) is 0. The van der Waals surface area contributed by atoms with Gasteiger partial charge in [0.25, 0.3) is 0 Å². The minimum Gasteiger partial charge on any atom is -0.346 e. The molecule has 1 spiro atoms. The summed E-state index contributed by atoms with van der Waals surface area (Å²) in [7, 11) is 0. The van der Waals surface area contributed by atoms with Crippen molar-refractivity contribution in [2.45, 2.75) is 44.0 Å². The lowest BCUT2D eigenvalue weighted by Crippen LogP contribution is -2.58. The number of rotatable bonds is 1. The van der Waals surface area contributed by atoms with Gasteiger partial charge in [0.05, 0.1) is 6.61 Å². The maximum Gasteiger partial charge on any atom is 0.174 e. The predicted molar refractivity (Wildman–Crippen MR) is 76.0 cm³/mol. The fourth-order valence-electron chi connectivity index (χ4n) is 5.60. The van der Waals surface area contributed by atoms with Crippen molar-refractivity contribution in [3.8, 4) is 0 Å². The molecule has 4 saturated carbocycles. The maximum absolute atomic E-state index is 6.59. The Balaban J connectivity index is 1.45. The molecule has 0 aromatic heterocycles. The Morgan fingerprint density at radius 3 is 2.15 bits per heavy atom. The molecule has 1 atom stereocenters. The summed E-state index contributed by atoms with van der Waals surface area (Å²) in [6, 6.07) is 10.6. The van der Waals surface area contributed by atoms with Crippen LogP contribution in [0.2, 0.25) is 0 Å². The van der Waals surface area contributed by atoms with Crippen LogP contribution in [0.1, 0.15) is 43.8 Å². The molecule has 2 heteroatoms. The van der Waals surface area contributed by atoms with E-state index in [2.05, 4.69) is 30.3 Å². The van der Waals surface area contributed by atoms with Crippen LogP contribution >= 0.6 is 0 Å². The van der Waals surface area contributed by atoms with Crippen molar-refractivity contribution >= 4 is 0 Å². The second kappa shape index (κ2) is 4.08. The summed E-state index contributed by atoms with van der Waals surface area (Å²) in [5, 5.41) is 0. The highest BCUT2D eigenvalue weighted by Gasteiger charge is 2.62. The van der Waals surface area contributed by atoms with Gasteiger partial charge in [-0.2, -0.15) is 0 Å². The lowest BCUT2D eigenvalue weighted by atomic mass is 9.53. The SMILES string of the molecule is c1ccc(C2COC3(O2)C2CC4CC(C2)CC3C4)cc1. The van der Waals surface area contributed by atoms with Crippen molar-refractivity contribution in [2.24, 2.45) is 23.7 Å². The first-order chi connectivity index (χ1) is 9.83. The highest BCUT2D eigenvalue weighted by atomic mass is 16.7. The molecule has 1 heterocycles. The summed E-state index contributed by atoms with van der Waals surface area (Å²) in [6.45, 7) is 0.742. The summed E-state index contributed by atoms with van der Waals surface area (Å²) in [5.41, 5.74) is 1.28. The molecule has 0 amide bonds. The summed E-state index contributed by atoms with van der Waals surface area (Å²) >= 11 is 0. The maximum atomic E-state index is 6.59. The second-order valence-corrected chi connectivity index (χ2v) is 7.35. The van der Waals surface area contributed by atoms with Gasteiger partial charge in [-0.25, -0.2) is 0 Å². The van der Waals surface area contributed by atoms with Gasteiger partial charge < -0.3 is 9.47 Å². The zero-order valence-electron chi connectivity index (χ0n) is 11.8. The van der Waals surface area contributed by atoms with Gasteiger partial charge in [-0.15, -0.1) is 0 Å². The summed E-state index contributed by atoms with van der Waals surface area (Å²) in [6.07, 6.45) is 6.99. The minimum atomic E-state index is -0.228. The van der Waals surface area contributed by atoms with E-state index in [-0.39, 0.29) is 11.9 Å². The second-order valence-electron chi connectivity index (χ2n) is 7.35. The molecule has 1 unspecified atom stereocenters. The highest BCUT2D eigenvalue weighted by Crippen LogP contribution is 2.62. The Morgan fingerprint density at radius 1 is 0.850 bits per heavy atom. The van der Waals surface area contributed by atoms with Crippen LogP contribution in [0, 0.1) is 23.7 Å². The Labute approximate surface area is 120 Å². The quantitative estimate of drug-likeness (QED) is 0.770. The molecule has 106 valence electrons. The Bertz CT molecular complexity index is 481. The van der Waals surface area contributed by atoms with Crippen molar-refractivity contribution in [1.82, 2.24) is 0 Å². The van der Waals surface area contributed by atoms with Crippen LogP contribution in [-0.2, 0) is 9.47 Å². The third-order valence-corrected chi connectivity index (χ3v) is 6.23. The van der Waals surface area contributed by atoms with E-state index in [1.807, 2.05) is 0 Å². The van der Waals surface area contributed by atoms with E-state index in [1.54, 1.807) is 0 Å². The van der Waals surface area contributed by atoms with Gasteiger partial charge in [0, 0.05) is 11.8 Å². The molecule has 6 rings (SSSR count). The molecule has 5 aliphatic rings. The first-order valence-electron chi connectivity index (χ1n) is 8.20. The molecule has 1 saturated heterocycles. The molecule has 4 aliphatic carbocycles. The number of hydrogen-bond acceptors (Lipinski definition) is 2. The largest absolute Gasteiger partial charge is 0.346 e. The van der Waals surface area contributed by atoms with Crippen molar-refractivity contribution < 1.29 is 9.47 Å². The van der Waals surface area contributed by atoms with Crippen molar-refractivity contribution in [3.63, 3.8) is 0 Å². The Hall–Kier alpha value is -0.860. The predicted octanol–water partition coefficient (Wildman–Crippen LogP) is 3.93. The molecule has 1 aromatic carbocycles. The van der Waals surface area contributed by atoms with Crippen LogP contribution in [0.5, 0.6) is 0 Å². The van der Waals surface area contributed by atoms with E-state index in [4.69, 9.17) is 9.47 Å². The van der Waals surface area contributed by atoms with Crippen LogP contribution in [0.4, 0.5) is 0 Å². The molecule has 0 N–H and O–H groups in total. The van der Waals surface area contributed by atoms with Crippen LogP contribution in [0.15, 0.2) is 30.3 Å². The standard InChI is InChI=1S/C18H22O2/c1-2-4-14(5-3-1)17-11-19-18(20-17)15-7-12-6-13(9-15)10-16(18)8-12/h1-5,12-13,15-17H,6-11H2. The fourth-order valence-corrected chi connectivity index (χ4v) is 5.60. The number of benzene rings is 1. The minimum absolute atomic E-state index is 0.147. The van der Waals surface area contributed by atoms with Gasteiger partial charge in [-0.1, -0.05) is 30.3 Å². The Morgan fingerprint density at radius 2 is 1.50 bits per heavy atom. The molecule has 5 fully saturated rings. The average molecular weight is 270 g/mol. The summed E-state index contributed by atoms with van der Waals surface area (Å²) < 4.78 is 13.0. The first kappa shape index (κ1) is 11.8. The highest BCUT2D eigenvalue weighted by molar-refractivity contribution is 5.19. The summed E-state index contributed by atoms with van der Waals surface area (Å²) in [5.74, 6) is 3.02. The smallest absolute Gasteiger partial charge is 0.174 e. The fraction of sp³-hybridized carbons (Fsp3) is 0.667. The van der Waals surface area contributed by atoms with Crippen LogP contribution in [0.3, 0.4) is 0 Å². The van der Waals surface area contributed by atoms with Gasteiger partial charge >= 0.3 is 0 Å². The van der Waals surface area contributed by atoms with E-state index in [9.17, 15) is 0 Å². The van der Waals surface area contributed by atoms with Crippen LogP contribution < -0.4 is 0 Å². The molecule has 0 radical (unpaired) electrons. The van der Waals surface area contributed by atoms with E-state index in [1.165, 1.54) is 37.7 Å². The van der Waals surface area contributed by atoms with Gasteiger partial charge in [0.2, 0.25) is 0 Å². The molecule has 2 nitrogen and oxygen atoms in total. The molecule has 1 aromatic rings. The van der Waals surface area contributed by atoms with Gasteiger partial charge in [0.15, 0.2) is 5.79 Å². The topological polar surface area (TPSA) is 18.5 Å². The molecule has 4 bridgehead atoms. The molecule has 20 heavy (non-hydrogen) atoms. The van der Waals surface area contributed by atoms with Crippen LogP contribution in [0.25, 0.3) is 0 Å². The van der Waals surface area contributed by atoms with E-state index in [0.29, 0.717) is 11.8 Å². The zero-order valence-corrected chi connectivity index (χ0v) is 11.8. The lowest BCUT2D eigenvalue weighted by Gasteiger charge is -2.58. The van der Waals surface area contributed by atoms with Crippen LogP contribution in [-0.4, -0.2) is 12.4 Å². The van der Waals surface area contributed by atoms with E-state index < -0.39 is 0 Å².